The molecule has 6 nitrogen and oxygen atoms in total. The van der Waals surface area contributed by atoms with E-state index in [4.69, 9.17) is 15.0 Å². The van der Waals surface area contributed by atoms with Crippen LogP contribution in [-0.2, 0) is 11.3 Å². The number of hydrogen-bond donors (Lipinski definition) is 1. The highest BCUT2D eigenvalue weighted by atomic mass is 16.5. The summed E-state index contributed by atoms with van der Waals surface area (Å²) < 4.78 is 10.1. The Hall–Kier alpha value is -1.79. The maximum Gasteiger partial charge on any atom is 0.243 e. The molecule has 6 heteroatoms. The van der Waals surface area contributed by atoms with Crippen LogP contribution >= 0.6 is 0 Å². The monoisotopic (exact) mass is 234 g/mol. The zero-order valence-electron chi connectivity index (χ0n) is 9.75. The SMILES string of the molecule is COCc1cc(-c2noc(C(C)N)n2)ccn1. The lowest BCUT2D eigenvalue weighted by molar-refractivity contribution is 0.181. The highest BCUT2D eigenvalue weighted by molar-refractivity contribution is 5.53. The van der Waals surface area contributed by atoms with Crippen molar-refractivity contribution in [3.63, 3.8) is 0 Å². The van der Waals surface area contributed by atoms with Crippen molar-refractivity contribution in [2.24, 2.45) is 5.73 Å². The fourth-order valence-electron chi connectivity index (χ4n) is 1.38. The largest absolute Gasteiger partial charge is 0.378 e. The van der Waals surface area contributed by atoms with Gasteiger partial charge in [0.15, 0.2) is 0 Å². The summed E-state index contributed by atoms with van der Waals surface area (Å²) in [5.74, 6) is 0.933. The second kappa shape index (κ2) is 5.03. The van der Waals surface area contributed by atoms with Crippen LogP contribution < -0.4 is 5.73 Å². The Kier molecular flexibility index (Phi) is 3.46. The smallest absolute Gasteiger partial charge is 0.243 e. The molecule has 2 aromatic rings. The zero-order chi connectivity index (χ0) is 12.3. The van der Waals surface area contributed by atoms with E-state index in [0.717, 1.165) is 11.3 Å². The predicted octanol–water partition coefficient (Wildman–Crippen LogP) is 1.30. The van der Waals surface area contributed by atoms with E-state index >= 15 is 0 Å². The molecule has 0 bridgehead atoms. The van der Waals surface area contributed by atoms with E-state index in [2.05, 4.69) is 15.1 Å². The molecule has 0 saturated carbocycles. The first kappa shape index (κ1) is 11.7. The third-order valence-corrected chi connectivity index (χ3v) is 2.20. The lowest BCUT2D eigenvalue weighted by Gasteiger charge is -1.99. The molecule has 2 heterocycles. The number of rotatable bonds is 4. The quantitative estimate of drug-likeness (QED) is 0.857. The minimum Gasteiger partial charge on any atom is -0.378 e. The molecule has 0 fully saturated rings. The highest BCUT2D eigenvalue weighted by Crippen LogP contribution is 2.18. The first-order valence-electron chi connectivity index (χ1n) is 5.24. The zero-order valence-corrected chi connectivity index (χ0v) is 9.75. The Labute approximate surface area is 98.8 Å². The summed E-state index contributed by atoms with van der Waals surface area (Å²) in [6.45, 7) is 2.24. The summed E-state index contributed by atoms with van der Waals surface area (Å²) >= 11 is 0. The average molecular weight is 234 g/mol. The van der Waals surface area contributed by atoms with Gasteiger partial charge in [0.1, 0.15) is 0 Å². The summed E-state index contributed by atoms with van der Waals surface area (Å²) in [6.07, 6.45) is 1.69. The molecule has 1 unspecified atom stereocenters. The van der Waals surface area contributed by atoms with Crippen molar-refractivity contribution in [3.05, 3.63) is 29.9 Å². The molecule has 90 valence electrons. The number of hydrogen-bond acceptors (Lipinski definition) is 6. The van der Waals surface area contributed by atoms with Crippen LogP contribution in [0.15, 0.2) is 22.9 Å². The molecule has 0 saturated heterocycles. The van der Waals surface area contributed by atoms with Gasteiger partial charge in [-0.3, -0.25) is 4.98 Å². The Morgan fingerprint density at radius 2 is 2.35 bits per heavy atom. The van der Waals surface area contributed by atoms with Crippen molar-refractivity contribution in [2.75, 3.05) is 7.11 Å². The number of aromatic nitrogens is 3. The Balaban J connectivity index is 2.28. The van der Waals surface area contributed by atoms with Crippen molar-refractivity contribution in [3.8, 4) is 11.4 Å². The van der Waals surface area contributed by atoms with E-state index in [1.165, 1.54) is 0 Å². The number of ether oxygens (including phenoxy) is 1. The molecule has 0 aliphatic rings. The van der Waals surface area contributed by atoms with Crippen LogP contribution in [-0.4, -0.2) is 22.2 Å². The molecule has 0 aliphatic carbocycles. The molecule has 0 spiro atoms. The van der Waals surface area contributed by atoms with Crippen molar-refractivity contribution >= 4 is 0 Å². The summed E-state index contributed by atoms with van der Waals surface area (Å²) in [6, 6.07) is 3.41. The molecule has 0 aromatic carbocycles. The Bertz CT molecular complexity index is 496. The molecule has 1 atom stereocenters. The number of nitrogens with two attached hydrogens (primary N) is 1. The predicted molar refractivity (Wildman–Crippen MR) is 60.8 cm³/mol. The minimum atomic E-state index is -0.267. The fraction of sp³-hybridized carbons (Fsp3) is 0.364. The number of methoxy groups -OCH3 is 1. The van der Waals surface area contributed by atoms with Gasteiger partial charge < -0.3 is 15.0 Å². The van der Waals surface area contributed by atoms with Crippen molar-refractivity contribution in [1.82, 2.24) is 15.1 Å². The van der Waals surface area contributed by atoms with E-state index in [0.29, 0.717) is 18.3 Å². The first-order chi connectivity index (χ1) is 8.20. The molecule has 0 aliphatic heterocycles. The molecule has 2 aromatic heterocycles. The Morgan fingerprint density at radius 3 is 3.00 bits per heavy atom. The van der Waals surface area contributed by atoms with Crippen molar-refractivity contribution < 1.29 is 9.26 Å². The number of nitrogens with zero attached hydrogens (tertiary/aromatic N) is 3. The van der Waals surface area contributed by atoms with Gasteiger partial charge in [-0.2, -0.15) is 4.98 Å². The van der Waals surface area contributed by atoms with Crippen LogP contribution in [0, 0.1) is 0 Å². The van der Waals surface area contributed by atoms with E-state index < -0.39 is 0 Å². The average Bonchev–Trinajstić information content (AvgIpc) is 2.79. The van der Waals surface area contributed by atoms with Gasteiger partial charge >= 0.3 is 0 Å². The maximum absolute atomic E-state index is 5.65. The molecular formula is C11H14N4O2. The lowest BCUT2D eigenvalue weighted by atomic mass is 10.2. The maximum atomic E-state index is 5.65. The van der Waals surface area contributed by atoms with Gasteiger partial charge in [0.2, 0.25) is 11.7 Å². The van der Waals surface area contributed by atoms with E-state index in [1.54, 1.807) is 20.2 Å². The van der Waals surface area contributed by atoms with Crippen LogP contribution in [0.3, 0.4) is 0 Å². The summed E-state index contributed by atoms with van der Waals surface area (Å²) in [5, 5.41) is 3.87. The minimum absolute atomic E-state index is 0.267. The van der Waals surface area contributed by atoms with Crippen molar-refractivity contribution in [1.29, 1.82) is 0 Å². The van der Waals surface area contributed by atoms with Gasteiger partial charge in [0.05, 0.1) is 18.3 Å². The lowest BCUT2D eigenvalue weighted by Crippen LogP contribution is -2.04. The third-order valence-electron chi connectivity index (χ3n) is 2.20. The van der Waals surface area contributed by atoms with Gasteiger partial charge in [0, 0.05) is 18.9 Å². The second-order valence-electron chi connectivity index (χ2n) is 3.71. The van der Waals surface area contributed by atoms with E-state index in [9.17, 15) is 0 Å². The molecular weight excluding hydrogens is 220 g/mol. The van der Waals surface area contributed by atoms with Gasteiger partial charge in [0.25, 0.3) is 0 Å². The van der Waals surface area contributed by atoms with Crippen LogP contribution in [0.1, 0.15) is 24.6 Å². The normalized spacial score (nSPS) is 12.6. The number of pyridine rings is 1. The summed E-state index contributed by atoms with van der Waals surface area (Å²) in [7, 11) is 1.62. The molecule has 2 rings (SSSR count). The first-order valence-corrected chi connectivity index (χ1v) is 5.24. The standard InChI is InChI=1S/C11H14N4O2/c1-7(12)11-14-10(15-17-11)8-3-4-13-9(5-8)6-16-2/h3-5,7H,6,12H2,1-2H3. The van der Waals surface area contributed by atoms with Gasteiger partial charge in [-0.25, -0.2) is 0 Å². The van der Waals surface area contributed by atoms with Crippen LogP contribution in [0.4, 0.5) is 0 Å². The van der Waals surface area contributed by atoms with Gasteiger partial charge in [-0.15, -0.1) is 0 Å². The van der Waals surface area contributed by atoms with Gasteiger partial charge in [-0.05, 0) is 19.1 Å². The molecule has 17 heavy (non-hydrogen) atoms. The van der Waals surface area contributed by atoms with Crippen LogP contribution in [0.2, 0.25) is 0 Å². The molecule has 0 radical (unpaired) electrons. The second-order valence-corrected chi connectivity index (χ2v) is 3.71. The topological polar surface area (TPSA) is 87.1 Å². The van der Waals surface area contributed by atoms with Crippen LogP contribution in [0.25, 0.3) is 11.4 Å². The van der Waals surface area contributed by atoms with Gasteiger partial charge in [-0.1, -0.05) is 5.16 Å². The highest BCUT2D eigenvalue weighted by Gasteiger charge is 2.12. The third kappa shape index (κ3) is 2.66. The van der Waals surface area contributed by atoms with E-state index in [1.807, 2.05) is 12.1 Å². The summed E-state index contributed by atoms with van der Waals surface area (Å²) in [4.78, 5) is 8.37. The summed E-state index contributed by atoms with van der Waals surface area (Å²) in [5.41, 5.74) is 7.31. The van der Waals surface area contributed by atoms with E-state index in [-0.39, 0.29) is 6.04 Å². The molecule has 2 N–H and O–H groups in total. The Morgan fingerprint density at radius 1 is 1.53 bits per heavy atom. The van der Waals surface area contributed by atoms with Crippen LogP contribution in [0.5, 0.6) is 0 Å². The molecule has 0 amide bonds. The fourth-order valence-corrected chi connectivity index (χ4v) is 1.38. The van der Waals surface area contributed by atoms with Crippen molar-refractivity contribution in [2.45, 2.75) is 19.6 Å².